The summed E-state index contributed by atoms with van der Waals surface area (Å²) in [5.41, 5.74) is 1.23. The fourth-order valence-corrected chi connectivity index (χ4v) is 3.16. The molecule has 1 amide bonds. The normalized spacial score (nSPS) is 22.1. The lowest BCUT2D eigenvalue weighted by Crippen LogP contribution is -2.41. The molecule has 0 N–H and O–H groups in total. The number of hydrogen-bond donors (Lipinski definition) is 0. The van der Waals surface area contributed by atoms with Crippen LogP contribution >= 0.6 is 11.6 Å². The fourth-order valence-electron chi connectivity index (χ4n) is 3.03. The van der Waals surface area contributed by atoms with Crippen LogP contribution in [-0.4, -0.2) is 37.1 Å². The van der Waals surface area contributed by atoms with Crippen molar-refractivity contribution in [2.45, 2.75) is 25.7 Å². The Morgan fingerprint density at radius 1 is 1.23 bits per heavy atom. The lowest BCUT2D eigenvalue weighted by Gasteiger charge is -2.34. The molecule has 118 valence electrons. The van der Waals surface area contributed by atoms with Gasteiger partial charge in [-0.1, -0.05) is 23.7 Å². The summed E-state index contributed by atoms with van der Waals surface area (Å²) in [6.45, 7) is 4.21. The van der Waals surface area contributed by atoms with Crippen LogP contribution in [0.5, 0.6) is 0 Å². The smallest absolute Gasteiger partial charge is 0.292 e. The first-order valence-electron chi connectivity index (χ1n) is 7.66. The number of halogens is 1. The van der Waals surface area contributed by atoms with Crippen molar-refractivity contribution in [3.63, 3.8) is 0 Å². The van der Waals surface area contributed by atoms with Gasteiger partial charge in [-0.25, -0.2) is 0 Å². The maximum absolute atomic E-state index is 12.6. The van der Waals surface area contributed by atoms with Crippen molar-refractivity contribution in [1.82, 2.24) is 4.90 Å². The molecule has 2 heterocycles. The molecular formula is C17H20ClNO3. The van der Waals surface area contributed by atoms with Gasteiger partial charge in [0, 0.05) is 24.0 Å². The summed E-state index contributed by atoms with van der Waals surface area (Å²) >= 11 is 5.95. The Kier molecular flexibility index (Phi) is 4.57. The molecule has 1 aromatic rings. The highest BCUT2D eigenvalue weighted by molar-refractivity contribution is 6.30. The Bertz CT molecular complexity index is 582. The third-order valence-electron chi connectivity index (χ3n) is 4.21. The fraction of sp³-hybridized carbons (Fsp3) is 0.471. The molecule has 0 saturated carbocycles. The summed E-state index contributed by atoms with van der Waals surface area (Å²) in [5, 5.41) is 0.737. The summed E-state index contributed by atoms with van der Waals surface area (Å²) in [6, 6.07) is 7.91. The average Bonchev–Trinajstić information content (AvgIpc) is 2.55. The van der Waals surface area contributed by atoms with E-state index in [0.717, 1.165) is 24.4 Å². The average molecular weight is 322 g/mol. The van der Waals surface area contributed by atoms with Crippen molar-refractivity contribution < 1.29 is 14.3 Å². The largest absolute Gasteiger partial charge is 0.491 e. The maximum atomic E-state index is 12.6. The minimum Gasteiger partial charge on any atom is -0.491 e. The van der Waals surface area contributed by atoms with Crippen LogP contribution in [0.1, 0.15) is 31.2 Å². The minimum absolute atomic E-state index is 0.0594. The molecule has 0 spiro atoms. The van der Waals surface area contributed by atoms with Crippen molar-refractivity contribution in [2.75, 3.05) is 26.3 Å². The first kappa shape index (κ1) is 15.2. The number of benzene rings is 1. The van der Waals surface area contributed by atoms with Crippen LogP contribution in [0.25, 0.3) is 0 Å². The van der Waals surface area contributed by atoms with Crippen LogP contribution in [0.3, 0.4) is 0 Å². The van der Waals surface area contributed by atoms with E-state index in [2.05, 4.69) is 0 Å². The third-order valence-corrected chi connectivity index (χ3v) is 4.46. The number of hydrogen-bond acceptors (Lipinski definition) is 3. The zero-order valence-electron chi connectivity index (χ0n) is 12.7. The Labute approximate surface area is 135 Å². The van der Waals surface area contributed by atoms with Gasteiger partial charge in [-0.15, -0.1) is 0 Å². The summed E-state index contributed by atoms with van der Waals surface area (Å²) in [7, 11) is 0. The summed E-state index contributed by atoms with van der Waals surface area (Å²) in [5.74, 6) is 1.24. The topological polar surface area (TPSA) is 38.8 Å². The molecule has 22 heavy (non-hydrogen) atoms. The lowest BCUT2D eigenvalue weighted by molar-refractivity contribution is -0.134. The molecule has 2 aliphatic rings. The zero-order valence-corrected chi connectivity index (χ0v) is 13.4. The quantitative estimate of drug-likeness (QED) is 0.838. The monoisotopic (exact) mass is 321 g/mol. The Morgan fingerprint density at radius 3 is 2.68 bits per heavy atom. The van der Waals surface area contributed by atoms with Gasteiger partial charge in [0.05, 0.1) is 0 Å². The van der Waals surface area contributed by atoms with Crippen LogP contribution in [0.15, 0.2) is 35.8 Å². The van der Waals surface area contributed by atoms with Crippen LogP contribution < -0.4 is 0 Å². The number of amides is 1. The van der Waals surface area contributed by atoms with Gasteiger partial charge >= 0.3 is 0 Å². The SMILES string of the molecule is CC1=C(C(=O)N2CCCC(c3ccc(Cl)cc3)C2)OCCO1. The minimum atomic E-state index is -0.0594. The standard InChI is InChI=1S/C17H20ClNO3/c1-12-16(22-10-9-21-12)17(20)19-8-2-3-14(11-19)13-4-6-15(18)7-5-13/h4-7,14H,2-3,8-11H2,1H3. The highest BCUT2D eigenvalue weighted by Crippen LogP contribution is 2.29. The van der Waals surface area contributed by atoms with Crippen LogP contribution in [-0.2, 0) is 14.3 Å². The van der Waals surface area contributed by atoms with Gasteiger partial charge in [-0.05, 0) is 37.5 Å². The van der Waals surface area contributed by atoms with Crippen molar-refractivity contribution in [2.24, 2.45) is 0 Å². The van der Waals surface area contributed by atoms with Crippen LogP contribution in [0.2, 0.25) is 5.02 Å². The number of piperidine rings is 1. The Morgan fingerprint density at radius 2 is 1.95 bits per heavy atom. The summed E-state index contributed by atoms with van der Waals surface area (Å²) < 4.78 is 10.9. The molecule has 1 fully saturated rings. The van der Waals surface area contributed by atoms with E-state index in [1.807, 2.05) is 29.2 Å². The zero-order chi connectivity index (χ0) is 15.5. The van der Waals surface area contributed by atoms with E-state index < -0.39 is 0 Å². The second-order valence-corrected chi connectivity index (χ2v) is 6.16. The van der Waals surface area contributed by atoms with Gasteiger partial charge in [0.2, 0.25) is 5.76 Å². The molecule has 0 radical (unpaired) electrons. The van der Waals surface area contributed by atoms with Gasteiger partial charge in [0.1, 0.15) is 19.0 Å². The van der Waals surface area contributed by atoms with Crippen molar-refractivity contribution in [3.05, 3.63) is 46.4 Å². The summed E-state index contributed by atoms with van der Waals surface area (Å²) in [4.78, 5) is 14.5. The second-order valence-electron chi connectivity index (χ2n) is 5.72. The molecule has 1 unspecified atom stereocenters. The third kappa shape index (κ3) is 3.22. The van der Waals surface area contributed by atoms with Crippen molar-refractivity contribution >= 4 is 17.5 Å². The molecule has 1 aromatic carbocycles. The number of carbonyl (C=O) groups is 1. The molecule has 5 heteroatoms. The van der Waals surface area contributed by atoms with Gasteiger partial charge in [0.15, 0.2) is 0 Å². The number of carbonyl (C=O) groups excluding carboxylic acids is 1. The number of nitrogens with zero attached hydrogens (tertiary/aromatic N) is 1. The van der Waals surface area contributed by atoms with Crippen molar-refractivity contribution in [1.29, 1.82) is 0 Å². The van der Waals surface area contributed by atoms with E-state index in [9.17, 15) is 4.79 Å². The molecule has 0 aliphatic carbocycles. The van der Waals surface area contributed by atoms with E-state index in [4.69, 9.17) is 21.1 Å². The first-order valence-corrected chi connectivity index (χ1v) is 8.04. The first-order chi connectivity index (χ1) is 10.6. The molecule has 3 rings (SSSR count). The number of allylic oxidation sites excluding steroid dienone is 1. The predicted molar refractivity (Wildman–Crippen MR) is 84.6 cm³/mol. The van der Waals surface area contributed by atoms with Crippen LogP contribution in [0, 0.1) is 0 Å². The molecule has 1 saturated heterocycles. The maximum Gasteiger partial charge on any atom is 0.292 e. The number of rotatable bonds is 2. The predicted octanol–water partition coefficient (Wildman–Crippen LogP) is 3.32. The molecular weight excluding hydrogens is 302 g/mol. The van der Waals surface area contributed by atoms with E-state index in [1.165, 1.54) is 5.56 Å². The Balaban J connectivity index is 1.72. The second kappa shape index (κ2) is 6.61. The number of likely N-dealkylation sites (tertiary alicyclic amines) is 1. The molecule has 0 bridgehead atoms. The molecule has 0 aromatic heterocycles. The summed E-state index contributed by atoms with van der Waals surface area (Å²) in [6.07, 6.45) is 2.08. The molecule has 4 nitrogen and oxygen atoms in total. The van der Waals surface area contributed by atoms with Crippen LogP contribution in [0.4, 0.5) is 0 Å². The van der Waals surface area contributed by atoms with E-state index in [-0.39, 0.29) is 5.91 Å². The van der Waals surface area contributed by atoms with Gasteiger partial charge in [-0.3, -0.25) is 4.79 Å². The van der Waals surface area contributed by atoms with E-state index >= 15 is 0 Å². The highest BCUT2D eigenvalue weighted by Gasteiger charge is 2.30. The lowest BCUT2D eigenvalue weighted by atomic mass is 9.90. The van der Waals surface area contributed by atoms with E-state index in [0.29, 0.717) is 37.2 Å². The van der Waals surface area contributed by atoms with Gasteiger partial charge in [0.25, 0.3) is 5.91 Å². The molecule has 2 aliphatic heterocycles. The Hall–Kier alpha value is -1.68. The van der Waals surface area contributed by atoms with E-state index in [1.54, 1.807) is 6.92 Å². The van der Waals surface area contributed by atoms with Gasteiger partial charge in [-0.2, -0.15) is 0 Å². The highest BCUT2D eigenvalue weighted by atomic mass is 35.5. The number of ether oxygens (including phenoxy) is 2. The molecule has 1 atom stereocenters. The van der Waals surface area contributed by atoms with Crippen molar-refractivity contribution in [3.8, 4) is 0 Å². The van der Waals surface area contributed by atoms with Gasteiger partial charge < -0.3 is 14.4 Å².